The number of thioether (sulfide) groups is 1. The molecule has 9 heteroatoms. The molecular weight excluding hydrogens is 455 g/mol. The lowest BCUT2D eigenvalue weighted by Gasteiger charge is -2.32. The van der Waals surface area contributed by atoms with Crippen molar-refractivity contribution in [1.82, 2.24) is 4.90 Å². The SMILES string of the molecule is CC[C@@H](COC(=O)Nc1ccc(Cl)cc1)N1C(=O)CS[C@@H]1c1ccc(Cl)cc1Cl. The first-order chi connectivity index (χ1) is 13.9. The lowest BCUT2D eigenvalue weighted by molar-refractivity contribution is -0.131. The van der Waals surface area contributed by atoms with Gasteiger partial charge in [-0.15, -0.1) is 11.8 Å². The minimum absolute atomic E-state index is 0.0143. The molecule has 1 heterocycles. The molecule has 1 saturated heterocycles. The van der Waals surface area contributed by atoms with Crippen molar-refractivity contribution in [1.29, 1.82) is 0 Å². The second kappa shape index (κ2) is 9.94. The van der Waals surface area contributed by atoms with E-state index in [4.69, 9.17) is 39.5 Å². The van der Waals surface area contributed by atoms with Crippen molar-refractivity contribution in [2.24, 2.45) is 0 Å². The molecule has 0 radical (unpaired) electrons. The predicted octanol–water partition coefficient (Wildman–Crippen LogP) is 6.25. The fraction of sp³-hybridized carbons (Fsp3) is 0.300. The monoisotopic (exact) mass is 472 g/mol. The Kier molecular flexibility index (Phi) is 7.57. The topological polar surface area (TPSA) is 58.6 Å². The van der Waals surface area contributed by atoms with Crippen LogP contribution in [0, 0.1) is 0 Å². The summed E-state index contributed by atoms with van der Waals surface area (Å²) in [6, 6.07) is 11.7. The van der Waals surface area contributed by atoms with E-state index in [1.165, 1.54) is 11.8 Å². The maximum Gasteiger partial charge on any atom is 0.411 e. The van der Waals surface area contributed by atoms with Crippen LogP contribution in [0.2, 0.25) is 15.1 Å². The van der Waals surface area contributed by atoms with E-state index in [0.717, 1.165) is 5.56 Å². The van der Waals surface area contributed by atoms with E-state index in [1.54, 1.807) is 41.3 Å². The average Bonchev–Trinajstić information content (AvgIpc) is 3.05. The van der Waals surface area contributed by atoms with E-state index in [1.807, 2.05) is 13.0 Å². The highest BCUT2D eigenvalue weighted by molar-refractivity contribution is 8.00. The predicted molar refractivity (Wildman–Crippen MR) is 119 cm³/mol. The fourth-order valence-electron chi connectivity index (χ4n) is 3.03. The maximum atomic E-state index is 12.6. The molecule has 2 aromatic carbocycles. The number of hydrogen-bond donors (Lipinski definition) is 1. The van der Waals surface area contributed by atoms with Gasteiger partial charge in [0, 0.05) is 26.3 Å². The minimum Gasteiger partial charge on any atom is -0.447 e. The lowest BCUT2D eigenvalue weighted by Crippen LogP contribution is -2.41. The summed E-state index contributed by atoms with van der Waals surface area (Å²) in [5.41, 5.74) is 1.39. The zero-order valence-corrected chi connectivity index (χ0v) is 18.6. The molecule has 1 aliphatic heterocycles. The van der Waals surface area contributed by atoms with Crippen LogP contribution in [0.3, 0.4) is 0 Å². The number of carbonyl (C=O) groups is 2. The summed E-state index contributed by atoms with van der Waals surface area (Å²) in [6.45, 7) is 2.02. The smallest absolute Gasteiger partial charge is 0.411 e. The highest BCUT2D eigenvalue weighted by atomic mass is 35.5. The Hall–Kier alpha value is -1.60. The number of nitrogens with zero attached hydrogens (tertiary/aromatic N) is 1. The first kappa shape index (κ1) is 22.1. The number of hydrogen-bond acceptors (Lipinski definition) is 4. The van der Waals surface area contributed by atoms with Gasteiger partial charge < -0.3 is 9.64 Å². The molecule has 0 unspecified atom stereocenters. The molecular formula is C20H19Cl3N2O3S. The molecule has 1 aliphatic rings. The zero-order valence-electron chi connectivity index (χ0n) is 15.5. The first-order valence-corrected chi connectivity index (χ1v) is 11.1. The number of nitrogens with one attached hydrogen (secondary N) is 1. The number of amides is 2. The Morgan fingerprint density at radius 3 is 2.55 bits per heavy atom. The molecule has 1 fully saturated rings. The summed E-state index contributed by atoms with van der Waals surface area (Å²) >= 11 is 19.7. The van der Waals surface area contributed by atoms with E-state index in [2.05, 4.69) is 5.32 Å². The quantitative estimate of drug-likeness (QED) is 0.539. The Morgan fingerprint density at radius 1 is 1.21 bits per heavy atom. The van der Waals surface area contributed by atoms with Gasteiger partial charge in [-0.05, 0) is 42.8 Å². The van der Waals surface area contributed by atoms with Crippen LogP contribution in [0.4, 0.5) is 10.5 Å². The van der Waals surface area contributed by atoms with Crippen LogP contribution < -0.4 is 5.32 Å². The van der Waals surface area contributed by atoms with Crippen LogP contribution in [0.5, 0.6) is 0 Å². The fourth-order valence-corrected chi connectivity index (χ4v) is 5.01. The molecule has 154 valence electrons. The number of benzene rings is 2. The van der Waals surface area contributed by atoms with Crippen molar-refractivity contribution in [2.75, 3.05) is 17.7 Å². The number of rotatable bonds is 6. The highest BCUT2D eigenvalue weighted by Crippen LogP contribution is 2.43. The first-order valence-electron chi connectivity index (χ1n) is 8.96. The molecule has 0 saturated carbocycles. The summed E-state index contributed by atoms with van der Waals surface area (Å²) < 4.78 is 5.38. The second-order valence-electron chi connectivity index (χ2n) is 6.42. The third-order valence-corrected chi connectivity index (χ3v) is 6.52. The number of ether oxygens (including phenoxy) is 1. The van der Waals surface area contributed by atoms with Crippen LogP contribution >= 0.6 is 46.6 Å². The Bertz CT molecular complexity index is 895. The van der Waals surface area contributed by atoms with E-state index >= 15 is 0 Å². The van der Waals surface area contributed by atoms with Gasteiger partial charge in [0.1, 0.15) is 12.0 Å². The highest BCUT2D eigenvalue weighted by Gasteiger charge is 2.38. The summed E-state index contributed by atoms with van der Waals surface area (Å²) in [4.78, 5) is 26.5. The van der Waals surface area contributed by atoms with Crippen molar-refractivity contribution < 1.29 is 14.3 Å². The molecule has 1 N–H and O–H groups in total. The molecule has 0 aliphatic carbocycles. The number of halogens is 3. The van der Waals surface area contributed by atoms with Gasteiger partial charge in [-0.1, -0.05) is 47.8 Å². The molecule has 5 nitrogen and oxygen atoms in total. The van der Waals surface area contributed by atoms with Crippen molar-refractivity contribution >= 4 is 64.3 Å². The van der Waals surface area contributed by atoms with Crippen molar-refractivity contribution in [3.63, 3.8) is 0 Å². The molecule has 0 bridgehead atoms. The third-order valence-electron chi connectivity index (χ3n) is 4.50. The second-order valence-corrected chi connectivity index (χ2v) is 8.77. The summed E-state index contributed by atoms with van der Waals surface area (Å²) in [7, 11) is 0. The maximum absolute atomic E-state index is 12.6. The van der Waals surface area contributed by atoms with E-state index in [-0.39, 0.29) is 23.9 Å². The third kappa shape index (κ3) is 5.51. The average molecular weight is 474 g/mol. The minimum atomic E-state index is -0.592. The van der Waals surface area contributed by atoms with Crippen molar-refractivity contribution in [3.8, 4) is 0 Å². The van der Waals surface area contributed by atoms with Crippen LogP contribution in [0.15, 0.2) is 42.5 Å². The molecule has 2 amide bonds. The van der Waals surface area contributed by atoms with Gasteiger partial charge in [-0.3, -0.25) is 10.1 Å². The molecule has 0 aromatic heterocycles. The summed E-state index contributed by atoms with van der Waals surface area (Å²) in [5, 5.41) is 4.01. The van der Waals surface area contributed by atoms with Crippen LogP contribution in [-0.2, 0) is 9.53 Å². The Morgan fingerprint density at radius 2 is 1.90 bits per heavy atom. The van der Waals surface area contributed by atoms with Crippen LogP contribution in [-0.4, -0.2) is 35.3 Å². The summed E-state index contributed by atoms with van der Waals surface area (Å²) in [6.07, 6.45) is 0.0357. The van der Waals surface area contributed by atoms with Gasteiger partial charge in [0.05, 0.1) is 11.8 Å². The van der Waals surface area contributed by atoms with E-state index < -0.39 is 6.09 Å². The van der Waals surface area contributed by atoms with E-state index in [0.29, 0.717) is 32.9 Å². The molecule has 2 atom stereocenters. The Balaban J connectivity index is 1.67. The van der Waals surface area contributed by atoms with Crippen LogP contribution in [0.25, 0.3) is 0 Å². The van der Waals surface area contributed by atoms with Gasteiger partial charge in [0.25, 0.3) is 0 Å². The number of carbonyl (C=O) groups excluding carboxylic acids is 2. The number of anilines is 1. The van der Waals surface area contributed by atoms with Crippen molar-refractivity contribution in [2.45, 2.75) is 24.8 Å². The summed E-state index contributed by atoms with van der Waals surface area (Å²) in [5.74, 6) is 0.330. The molecule has 2 aromatic rings. The van der Waals surface area contributed by atoms with Gasteiger partial charge in [-0.25, -0.2) is 4.79 Å². The Labute approximate surface area is 188 Å². The van der Waals surface area contributed by atoms with Crippen LogP contribution in [0.1, 0.15) is 24.3 Å². The largest absolute Gasteiger partial charge is 0.447 e. The van der Waals surface area contributed by atoms with Gasteiger partial charge in [0.15, 0.2) is 0 Å². The lowest BCUT2D eigenvalue weighted by atomic mass is 10.1. The van der Waals surface area contributed by atoms with Gasteiger partial charge in [-0.2, -0.15) is 0 Å². The van der Waals surface area contributed by atoms with Gasteiger partial charge in [0.2, 0.25) is 5.91 Å². The molecule has 29 heavy (non-hydrogen) atoms. The van der Waals surface area contributed by atoms with Gasteiger partial charge >= 0.3 is 6.09 Å². The molecule has 0 spiro atoms. The van der Waals surface area contributed by atoms with E-state index in [9.17, 15) is 9.59 Å². The zero-order chi connectivity index (χ0) is 21.0. The standard InChI is InChI=1S/C20H19Cl3N2O3S/c1-2-15(10-28-20(27)24-14-6-3-12(21)4-7-14)25-18(26)11-29-19(25)16-8-5-13(22)9-17(16)23/h3-9,15,19H,2,10-11H2,1H3,(H,24,27)/t15-,19+/m0/s1. The van der Waals surface area contributed by atoms with Crippen molar-refractivity contribution in [3.05, 3.63) is 63.1 Å². The normalized spacial score (nSPS) is 17.3. The molecule has 3 rings (SSSR count).